The molecular formula is C22H22N4O2S. The second kappa shape index (κ2) is 6.50. The van der Waals surface area contributed by atoms with Crippen LogP contribution in [-0.2, 0) is 17.6 Å². The highest BCUT2D eigenvalue weighted by Crippen LogP contribution is 2.40. The number of carbonyl (C=O) groups is 1. The van der Waals surface area contributed by atoms with E-state index in [9.17, 15) is 9.90 Å². The standard InChI is InChI=1S/C22H22N4O2S/c27-19-4-2-1-3-15(19)18-9-17-16-7-12(5-6-20(16)29-21(17)25-24-18)22(28)26-11-13-8-14(26)10-23-13/h1-4,9,12-14,23,27H,5-8,10-11H2/t12-,13+,14+/m0/s1. The van der Waals surface area contributed by atoms with Gasteiger partial charge in [-0.05, 0) is 49.4 Å². The lowest BCUT2D eigenvalue weighted by Crippen LogP contribution is -2.49. The number of phenols is 1. The molecule has 3 atom stereocenters. The topological polar surface area (TPSA) is 78.3 Å². The number of hydrogen-bond acceptors (Lipinski definition) is 6. The van der Waals surface area contributed by atoms with E-state index in [1.54, 1.807) is 23.5 Å². The maximum Gasteiger partial charge on any atom is 0.226 e. The Morgan fingerprint density at radius 2 is 2.17 bits per heavy atom. The Morgan fingerprint density at radius 3 is 2.97 bits per heavy atom. The molecule has 0 radical (unpaired) electrons. The third-order valence-corrected chi connectivity index (χ3v) is 7.87. The minimum atomic E-state index is 0.0568. The fourth-order valence-electron chi connectivity index (χ4n) is 5.18. The number of carbonyl (C=O) groups excluding carboxylic acids is 1. The van der Waals surface area contributed by atoms with E-state index in [2.05, 4.69) is 20.4 Å². The summed E-state index contributed by atoms with van der Waals surface area (Å²) >= 11 is 1.69. The van der Waals surface area contributed by atoms with Crippen LogP contribution in [-0.4, -0.2) is 51.3 Å². The van der Waals surface area contributed by atoms with Gasteiger partial charge in [-0.3, -0.25) is 4.79 Å². The number of hydrogen-bond donors (Lipinski definition) is 2. The number of thiophene rings is 1. The molecule has 3 aliphatic rings. The predicted molar refractivity (Wildman–Crippen MR) is 112 cm³/mol. The maximum absolute atomic E-state index is 13.2. The zero-order valence-corrected chi connectivity index (χ0v) is 16.8. The maximum atomic E-state index is 13.2. The van der Waals surface area contributed by atoms with E-state index in [0.717, 1.165) is 49.0 Å². The molecule has 2 bridgehead atoms. The third kappa shape index (κ3) is 2.75. The molecule has 29 heavy (non-hydrogen) atoms. The Balaban J connectivity index is 1.33. The first-order valence-corrected chi connectivity index (χ1v) is 11.1. The van der Waals surface area contributed by atoms with Crippen molar-refractivity contribution in [1.29, 1.82) is 0 Å². The van der Waals surface area contributed by atoms with Crippen molar-refractivity contribution in [2.75, 3.05) is 13.1 Å². The van der Waals surface area contributed by atoms with E-state index in [1.165, 1.54) is 10.4 Å². The fourth-order valence-corrected chi connectivity index (χ4v) is 6.32. The lowest BCUT2D eigenvalue weighted by Gasteiger charge is -2.32. The van der Waals surface area contributed by atoms with E-state index in [-0.39, 0.29) is 11.7 Å². The van der Waals surface area contributed by atoms with E-state index in [0.29, 0.717) is 29.2 Å². The van der Waals surface area contributed by atoms with Crippen LogP contribution in [0.3, 0.4) is 0 Å². The van der Waals surface area contributed by atoms with Gasteiger partial charge in [0, 0.05) is 46.9 Å². The molecule has 1 aromatic carbocycles. The van der Waals surface area contributed by atoms with Crippen LogP contribution in [0.1, 0.15) is 23.3 Å². The Hall–Kier alpha value is -2.51. The van der Waals surface area contributed by atoms with E-state index < -0.39 is 0 Å². The smallest absolute Gasteiger partial charge is 0.226 e. The Kier molecular flexibility index (Phi) is 3.89. The average molecular weight is 407 g/mol. The van der Waals surface area contributed by atoms with Crippen molar-refractivity contribution in [3.05, 3.63) is 40.8 Å². The van der Waals surface area contributed by atoms with Crippen LogP contribution < -0.4 is 5.32 Å². The van der Waals surface area contributed by atoms with Gasteiger partial charge in [0.25, 0.3) is 0 Å². The number of fused-ring (bicyclic) bond motifs is 5. The number of aryl methyl sites for hydroxylation is 1. The van der Waals surface area contributed by atoms with E-state index >= 15 is 0 Å². The van der Waals surface area contributed by atoms with Gasteiger partial charge in [0.2, 0.25) is 5.91 Å². The van der Waals surface area contributed by atoms with Crippen LogP contribution in [0.15, 0.2) is 30.3 Å². The summed E-state index contributed by atoms with van der Waals surface area (Å²) in [4.78, 5) is 17.6. The molecule has 1 amide bonds. The number of phenolic OH excluding ortho intramolecular Hbond substituents is 1. The average Bonchev–Trinajstić information content (AvgIpc) is 3.47. The zero-order chi connectivity index (χ0) is 19.5. The lowest BCUT2D eigenvalue weighted by molar-refractivity contribution is -0.137. The molecule has 4 heterocycles. The summed E-state index contributed by atoms with van der Waals surface area (Å²) in [7, 11) is 0. The fraction of sp³-hybridized carbons (Fsp3) is 0.409. The molecule has 2 aromatic heterocycles. The molecule has 0 unspecified atom stereocenters. The summed E-state index contributed by atoms with van der Waals surface area (Å²) in [6.07, 6.45) is 3.73. The first-order valence-electron chi connectivity index (χ1n) is 10.3. The van der Waals surface area contributed by atoms with Crippen molar-refractivity contribution in [2.45, 2.75) is 37.8 Å². The summed E-state index contributed by atoms with van der Waals surface area (Å²) in [6, 6.07) is 10.1. The molecular weight excluding hydrogens is 384 g/mol. The molecule has 0 spiro atoms. The normalized spacial score (nSPS) is 25.5. The minimum absolute atomic E-state index is 0.0568. The summed E-state index contributed by atoms with van der Waals surface area (Å²) in [5.74, 6) is 0.587. The highest BCUT2D eigenvalue weighted by Gasteiger charge is 2.42. The van der Waals surface area contributed by atoms with Gasteiger partial charge < -0.3 is 15.3 Å². The van der Waals surface area contributed by atoms with Crippen molar-refractivity contribution < 1.29 is 9.90 Å². The van der Waals surface area contributed by atoms with Gasteiger partial charge in [-0.2, -0.15) is 0 Å². The first-order chi connectivity index (χ1) is 14.2. The second-order valence-corrected chi connectivity index (χ2v) is 9.48. The van der Waals surface area contributed by atoms with Crippen LogP contribution in [0.5, 0.6) is 5.75 Å². The molecule has 7 heteroatoms. The predicted octanol–water partition coefficient (Wildman–Crippen LogP) is 2.74. The molecule has 2 saturated heterocycles. The summed E-state index contributed by atoms with van der Waals surface area (Å²) in [5, 5.41) is 23.5. The van der Waals surface area contributed by atoms with Gasteiger partial charge in [0.15, 0.2) is 0 Å². The highest BCUT2D eigenvalue weighted by molar-refractivity contribution is 7.18. The molecule has 6 rings (SSSR count). The number of nitrogens with zero attached hydrogens (tertiary/aromatic N) is 3. The molecule has 148 valence electrons. The number of nitrogens with one attached hydrogen (secondary N) is 1. The number of likely N-dealkylation sites (tertiary alicyclic amines) is 1. The van der Waals surface area contributed by atoms with Gasteiger partial charge in [0.1, 0.15) is 10.6 Å². The second-order valence-electron chi connectivity index (χ2n) is 8.39. The number of piperazine rings is 1. The van der Waals surface area contributed by atoms with Gasteiger partial charge in [-0.15, -0.1) is 21.5 Å². The van der Waals surface area contributed by atoms with Gasteiger partial charge >= 0.3 is 0 Å². The molecule has 3 aromatic rings. The number of rotatable bonds is 2. The van der Waals surface area contributed by atoms with Crippen LogP contribution in [0, 0.1) is 5.92 Å². The molecule has 6 nitrogen and oxygen atoms in total. The van der Waals surface area contributed by atoms with Crippen molar-refractivity contribution in [3.63, 3.8) is 0 Å². The Bertz CT molecular complexity index is 1130. The van der Waals surface area contributed by atoms with Crippen molar-refractivity contribution >= 4 is 27.5 Å². The lowest BCUT2D eigenvalue weighted by atomic mass is 9.86. The van der Waals surface area contributed by atoms with Crippen LogP contribution in [0.2, 0.25) is 0 Å². The largest absolute Gasteiger partial charge is 0.507 e. The molecule has 2 aliphatic heterocycles. The van der Waals surface area contributed by atoms with Crippen molar-refractivity contribution in [1.82, 2.24) is 20.4 Å². The summed E-state index contributed by atoms with van der Waals surface area (Å²) in [5.41, 5.74) is 2.61. The molecule has 2 fully saturated rings. The number of aromatic nitrogens is 2. The minimum Gasteiger partial charge on any atom is -0.507 e. The van der Waals surface area contributed by atoms with E-state index in [4.69, 9.17) is 0 Å². The summed E-state index contributed by atoms with van der Waals surface area (Å²) in [6.45, 7) is 1.80. The molecule has 1 aliphatic carbocycles. The number of benzene rings is 1. The Morgan fingerprint density at radius 1 is 1.28 bits per heavy atom. The van der Waals surface area contributed by atoms with Crippen LogP contribution in [0.4, 0.5) is 0 Å². The molecule has 2 N–H and O–H groups in total. The van der Waals surface area contributed by atoms with Gasteiger partial charge in [-0.25, -0.2) is 0 Å². The van der Waals surface area contributed by atoms with Gasteiger partial charge in [-0.1, -0.05) is 12.1 Å². The summed E-state index contributed by atoms with van der Waals surface area (Å²) < 4.78 is 0. The Labute approximate surface area is 172 Å². The van der Waals surface area contributed by atoms with Crippen molar-refractivity contribution in [2.24, 2.45) is 5.92 Å². The first kappa shape index (κ1) is 17.4. The van der Waals surface area contributed by atoms with Crippen molar-refractivity contribution in [3.8, 4) is 17.0 Å². The van der Waals surface area contributed by atoms with E-state index in [1.807, 2.05) is 18.2 Å². The number of para-hydroxylation sites is 1. The monoisotopic (exact) mass is 406 g/mol. The third-order valence-electron chi connectivity index (χ3n) is 6.68. The molecule has 0 saturated carbocycles. The van der Waals surface area contributed by atoms with Crippen LogP contribution in [0.25, 0.3) is 21.5 Å². The number of aromatic hydroxyl groups is 1. The SMILES string of the molecule is O=C([C@H]1CCc2sc3nnc(-c4ccccc4O)cc3c2C1)N1C[C@H]2C[C@@H]1CN2. The van der Waals surface area contributed by atoms with Crippen LogP contribution >= 0.6 is 11.3 Å². The zero-order valence-electron chi connectivity index (χ0n) is 16.0. The number of amides is 1. The van der Waals surface area contributed by atoms with Gasteiger partial charge in [0.05, 0.1) is 5.69 Å². The quantitative estimate of drug-likeness (QED) is 0.684. The highest BCUT2D eigenvalue weighted by atomic mass is 32.1.